The Morgan fingerprint density at radius 1 is 1.38 bits per heavy atom. The van der Waals surface area contributed by atoms with E-state index < -0.39 is 0 Å². The van der Waals surface area contributed by atoms with E-state index in [0.717, 1.165) is 16.6 Å². The van der Waals surface area contributed by atoms with Gasteiger partial charge in [-0.05, 0) is 34.1 Å². The molecule has 2 rings (SSSR count). The number of benzene rings is 1. The van der Waals surface area contributed by atoms with Gasteiger partial charge >= 0.3 is 0 Å². The SMILES string of the molecule is NCc1cc2cc(Br)c(F)cc2[nH]1. The summed E-state index contributed by atoms with van der Waals surface area (Å²) in [6.07, 6.45) is 0. The van der Waals surface area contributed by atoms with E-state index >= 15 is 0 Å². The molecule has 0 amide bonds. The maximum absolute atomic E-state index is 13.1. The molecule has 1 aromatic carbocycles. The second kappa shape index (κ2) is 3.12. The molecule has 2 nitrogen and oxygen atoms in total. The second-order valence-corrected chi connectivity index (χ2v) is 3.71. The van der Waals surface area contributed by atoms with Gasteiger partial charge in [-0.25, -0.2) is 4.39 Å². The van der Waals surface area contributed by atoms with Crippen LogP contribution >= 0.6 is 15.9 Å². The lowest BCUT2D eigenvalue weighted by Gasteiger charge is -1.93. The lowest BCUT2D eigenvalue weighted by Crippen LogP contribution is -1.94. The van der Waals surface area contributed by atoms with Crippen LogP contribution in [0.1, 0.15) is 5.69 Å². The number of fused-ring (bicyclic) bond motifs is 1. The number of hydrogen-bond acceptors (Lipinski definition) is 1. The summed E-state index contributed by atoms with van der Waals surface area (Å²) >= 11 is 3.13. The standard InChI is InChI=1S/C9H8BrFN2/c10-7-2-5-1-6(4-12)13-9(5)3-8(7)11/h1-3,13H,4,12H2. The van der Waals surface area contributed by atoms with Crippen LogP contribution in [-0.4, -0.2) is 4.98 Å². The molecule has 2 aromatic rings. The number of aromatic nitrogens is 1. The summed E-state index contributed by atoms with van der Waals surface area (Å²) in [5, 5.41) is 0.966. The predicted octanol–water partition coefficient (Wildman–Crippen LogP) is 2.53. The van der Waals surface area contributed by atoms with Crippen molar-refractivity contribution in [3.05, 3.63) is 34.2 Å². The molecule has 1 heterocycles. The fraction of sp³-hybridized carbons (Fsp3) is 0.111. The highest BCUT2D eigenvalue weighted by molar-refractivity contribution is 9.10. The molecule has 0 bridgehead atoms. The topological polar surface area (TPSA) is 41.8 Å². The maximum Gasteiger partial charge on any atom is 0.139 e. The van der Waals surface area contributed by atoms with Crippen LogP contribution < -0.4 is 5.73 Å². The molecule has 0 aliphatic heterocycles. The number of nitrogens with two attached hydrogens (primary N) is 1. The molecule has 0 aliphatic rings. The molecule has 4 heteroatoms. The summed E-state index contributed by atoms with van der Waals surface area (Å²) in [5.74, 6) is -0.266. The van der Waals surface area contributed by atoms with E-state index in [4.69, 9.17) is 5.73 Å². The van der Waals surface area contributed by atoms with Gasteiger partial charge in [-0.3, -0.25) is 0 Å². The molecular formula is C9H8BrFN2. The van der Waals surface area contributed by atoms with Gasteiger partial charge in [0.15, 0.2) is 0 Å². The number of nitrogens with one attached hydrogen (secondary N) is 1. The largest absolute Gasteiger partial charge is 0.357 e. The number of aromatic amines is 1. The van der Waals surface area contributed by atoms with Crippen molar-refractivity contribution >= 4 is 26.8 Å². The molecule has 0 fully saturated rings. The minimum Gasteiger partial charge on any atom is -0.357 e. The van der Waals surface area contributed by atoms with Gasteiger partial charge in [0.2, 0.25) is 0 Å². The smallest absolute Gasteiger partial charge is 0.139 e. The van der Waals surface area contributed by atoms with Crippen LogP contribution in [0.15, 0.2) is 22.7 Å². The summed E-state index contributed by atoms with van der Waals surface area (Å²) < 4.78 is 13.5. The fourth-order valence-electron chi connectivity index (χ4n) is 1.30. The van der Waals surface area contributed by atoms with Crippen LogP contribution in [-0.2, 0) is 6.54 Å². The van der Waals surface area contributed by atoms with E-state index in [0.29, 0.717) is 11.0 Å². The molecule has 13 heavy (non-hydrogen) atoms. The first kappa shape index (κ1) is 8.72. The lowest BCUT2D eigenvalue weighted by atomic mass is 10.2. The minimum atomic E-state index is -0.266. The predicted molar refractivity (Wildman–Crippen MR) is 53.8 cm³/mol. The normalized spacial score (nSPS) is 11.0. The van der Waals surface area contributed by atoms with Crippen molar-refractivity contribution in [2.75, 3.05) is 0 Å². The Morgan fingerprint density at radius 3 is 2.85 bits per heavy atom. The molecule has 68 valence electrons. The van der Waals surface area contributed by atoms with E-state index in [1.54, 1.807) is 6.07 Å². The highest BCUT2D eigenvalue weighted by Crippen LogP contribution is 2.23. The van der Waals surface area contributed by atoms with Crippen molar-refractivity contribution in [3.8, 4) is 0 Å². The fourth-order valence-corrected chi connectivity index (χ4v) is 1.66. The first-order chi connectivity index (χ1) is 6.20. The zero-order chi connectivity index (χ0) is 9.42. The van der Waals surface area contributed by atoms with Crippen LogP contribution in [0.4, 0.5) is 4.39 Å². The summed E-state index contributed by atoms with van der Waals surface area (Å²) in [7, 11) is 0. The Morgan fingerprint density at radius 2 is 2.15 bits per heavy atom. The average Bonchev–Trinajstić information content (AvgIpc) is 2.48. The van der Waals surface area contributed by atoms with Crippen LogP contribution in [0.2, 0.25) is 0 Å². The Kier molecular flexibility index (Phi) is 2.09. The monoisotopic (exact) mass is 242 g/mol. The lowest BCUT2D eigenvalue weighted by molar-refractivity contribution is 0.623. The second-order valence-electron chi connectivity index (χ2n) is 2.85. The van der Waals surface area contributed by atoms with Gasteiger partial charge in [-0.15, -0.1) is 0 Å². The van der Waals surface area contributed by atoms with Gasteiger partial charge in [0, 0.05) is 23.1 Å². The van der Waals surface area contributed by atoms with Crippen LogP contribution in [0.5, 0.6) is 0 Å². The van der Waals surface area contributed by atoms with Crippen LogP contribution in [0.3, 0.4) is 0 Å². The van der Waals surface area contributed by atoms with E-state index in [1.165, 1.54) is 6.07 Å². The third-order valence-electron chi connectivity index (χ3n) is 1.94. The molecule has 0 atom stereocenters. The molecular weight excluding hydrogens is 235 g/mol. The van der Waals surface area contributed by atoms with E-state index in [-0.39, 0.29) is 5.82 Å². The van der Waals surface area contributed by atoms with E-state index in [2.05, 4.69) is 20.9 Å². The van der Waals surface area contributed by atoms with Gasteiger partial charge < -0.3 is 10.7 Å². The average molecular weight is 243 g/mol. The molecule has 0 saturated carbocycles. The Hall–Kier alpha value is -0.870. The summed E-state index contributed by atoms with van der Waals surface area (Å²) in [6.45, 7) is 0.438. The van der Waals surface area contributed by atoms with Crippen molar-refractivity contribution in [3.63, 3.8) is 0 Å². The maximum atomic E-state index is 13.1. The van der Waals surface area contributed by atoms with Gasteiger partial charge in [-0.2, -0.15) is 0 Å². The highest BCUT2D eigenvalue weighted by Gasteiger charge is 2.04. The third kappa shape index (κ3) is 1.47. The Labute approximate surface area is 83.1 Å². The molecule has 0 spiro atoms. The summed E-state index contributed by atoms with van der Waals surface area (Å²) in [5.41, 5.74) is 7.14. The van der Waals surface area contributed by atoms with Crippen molar-refractivity contribution in [1.29, 1.82) is 0 Å². The molecule has 3 N–H and O–H groups in total. The molecule has 0 aliphatic carbocycles. The number of hydrogen-bond donors (Lipinski definition) is 2. The molecule has 0 unspecified atom stereocenters. The van der Waals surface area contributed by atoms with Gasteiger partial charge in [0.25, 0.3) is 0 Å². The Balaban J connectivity index is 2.70. The first-order valence-corrected chi connectivity index (χ1v) is 4.66. The molecule has 0 radical (unpaired) electrons. The third-order valence-corrected chi connectivity index (χ3v) is 2.55. The minimum absolute atomic E-state index is 0.266. The van der Waals surface area contributed by atoms with Crippen LogP contribution in [0.25, 0.3) is 10.9 Å². The number of rotatable bonds is 1. The zero-order valence-electron chi connectivity index (χ0n) is 6.77. The van der Waals surface area contributed by atoms with Gasteiger partial charge in [0.05, 0.1) is 4.47 Å². The molecule has 1 aromatic heterocycles. The first-order valence-electron chi connectivity index (χ1n) is 3.87. The number of halogens is 2. The van der Waals surface area contributed by atoms with Crippen molar-refractivity contribution in [1.82, 2.24) is 4.98 Å². The zero-order valence-corrected chi connectivity index (χ0v) is 8.36. The van der Waals surface area contributed by atoms with Gasteiger partial charge in [0.1, 0.15) is 5.82 Å². The van der Waals surface area contributed by atoms with Crippen LogP contribution in [0, 0.1) is 5.82 Å². The van der Waals surface area contributed by atoms with E-state index in [9.17, 15) is 4.39 Å². The summed E-state index contributed by atoms with van der Waals surface area (Å²) in [6, 6.07) is 5.11. The highest BCUT2D eigenvalue weighted by atomic mass is 79.9. The Bertz CT molecular complexity index is 411. The molecule has 0 saturated heterocycles. The van der Waals surface area contributed by atoms with Crippen molar-refractivity contribution in [2.45, 2.75) is 6.54 Å². The van der Waals surface area contributed by atoms with Crippen molar-refractivity contribution < 1.29 is 4.39 Å². The number of H-pyrrole nitrogens is 1. The van der Waals surface area contributed by atoms with E-state index in [1.807, 2.05) is 6.07 Å². The summed E-state index contributed by atoms with van der Waals surface area (Å²) in [4.78, 5) is 3.03. The quantitative estimate of drug-likeness (QED) is 0.793. The van der Waals surface area contributed by atoms with Gasteiger partial charge in [-0.1, -0.05) is 0 Å². The van der Waals surface area contributed by atoms with Crippen molar-refractivity contribution in [2.24, 2.45) is 5.73 Å².